The zero-order valence-electron chi connectivity index (χ0n) is 9.83. The number of rotatable bonds is 4. The molecule has 0 unspecified atom stereocenters. The van der Waals surface area contributed by atoms with Gasteiger partial charge in [0.25, 0.3) is 0 Å². The van der Waals surface area contributed by atoms with Gasteiger partial charge >= 0.3 is 6.11 Å². The molecule has 0 aliphatic rings. The molecular formula is C10H19F5O. The third-order valence-corrected chi connectivity index (χ3v) is 0.857. The highest BCUT2D eigenvalue weighted by molar-refractivity contribution is 4.97. The van der Waals surface area contributed by atoms with Crippen LogP contribution in [0.25, 0.3) is 0 Å². The van der Waals surface area contributed by atoms with Crippen LogP contribution >= 0.6 is 0 Å². The molecule has 0 fully saturated rings. The number of hydrogen-bond donors (Lipinski definition) is 0. The smallest absolute Gasteiger partial charge is 0.314 e. The maximum absolute atomic E-state index is 12.2. The van der Waals surface area contributed by atoms with Gasteiger partial charge in [-0.1, -0.05) is 6.58 Å². The van der Waals surface area contributed by atoms with Crippen LogP contribution in [-0.4, -0.2) is 32.7 Å². The summed E-state index contributed by atoms with van der Waals surface area (Å²) in [5, 5.41) is 0. The molecule has 0 aliphatic heterocycles. The van der Waals surface area contributed by atoms with Crippen molar-refractivity contribution in [1.82, 2.24) is 0 Å². The minimum Gasteiger partial charge on any atom is -0.314 e. The van der Waals surface area contributed by atoms with Crippen LogP contribution in [0.15, 0.2) is 12.2 Å². The second-order valence-electron chi connectivity index (χ2n) is 2.37. The Bertz CT molecular complexity index is 148. The van der Waals surface area contributed by atoms with Crippen molar-refractivity contribution in [1.29, 1.82) is 0 Å². The third kappa shape index (κ3) is 19.0. The van der Waals surface area contributed by atoms with Crippen LogP contribution in [0, 0.1) is 0 Å². The molecule has 0 heterocycles. The fourth-order valence-electron chi connectivity index (χ4n) is 0.290. The van der Waals surface area contributed by atoms with E-state index in [4.69, 9.17) is 0 Å². The van der Waals surface area contributed by atoms with E-state index in [-0.39, 0.29) is 13.3 Å². The first-order valence-electron chi connectivity index (χ1n) is 4.69. The summed E-state index contributed by atoms with van der Waals surface area (Å²) in [4.78, 5) is 0. The van der Waals surface area contributed by atoms with Crippen molar-refractivity contribution in [2.24, 2.45) is 0 Å². The zero-order chi connectivity index (χ0) is 13.6. The Balaban J connectivity index is -0.000000235. The largest absolute Gasteiger partial charge is 0.378 e. The van der Waals surface area contributed by atoms with Crippen LogP contribution < -0.4 is 0 Å². The SMILES string of the molecule is C=C(C)C(F)(F)OCCF.CCF.CCF. The van der Waals surface area contributed by atoms with Crippen molar-refractivity contribution in [2.45, 2.75) is 26.9 Å². The monoisotopic (exact) mass is 250 g/mol. The summed E-state index contributed by atoms with van der Waals surface area (Å²) in [5.41, 5.74) is -0.416. The molecule has 0 saturated heterocycles. The molecule has 0 aromatic heterocycles. The lowest BCUT2D eigenvalue weighted by Crippen LogP contribution is -2.22. The fourth-order valence-corrected chi connectivity index (χ4v) is 0.290. The molecule has 0 N–H and O–H groups in total. The molecular weight excluding hydrogens is 231 g/mol. The number of hydrogen-bond acceptors (Lipinski definition) is 1. The molecule has 0 spiro atoms. The maximum Gasteiger partial charge on any atom is 0.378 e. The highest BCUT2D eigenvalue weighted by Crippen LogP contribution is 2.22. The summed E-state index contributed by atoms with van der Waals surface area (Å²) in [7, 11) is 0. The first-order valence-corrected chi connectivity index (χ1v) is 4.69. The van der Waals surface area contributed by atoms with Gasteiger partial charge in [-0.15, -0.1) is 0 Å². The lowest BCUT2D eigenvalue weighted by atomic mass is 10.3. The van der Waals surface area contributed by atoms with Crippen LogP contribution in [0.1, 0.15) is 20.8 Å². The maximum atomic E-state index is 12.2. The van der Waals surface area contributed by atoms with E-state index in [2.05, 4.69) is 11.3 Å². The Labute approximate surface area is 93.3 Å². The first-order chi connectivity index (χ1) is 7.33. The lowest BCUT2D eigenvalue weighted by molar-refractivity contribution is -0.209. The summed E-state index contributed by atoms with van der Waals surface area (Å²) in [5.74, 6) is 0. The minimum atomic E-state index is -3.38. The minimum absolute atomic E-state index is 0.250. The van der Waals surface area contributed by atoms with E-state index in [1.165, 1.54) is 13.8 Å². The van der Waals surface area contributed by atoms with Gasteiger partial charge in [-0.3, -0.25) is 8.78 Å². The summed E-state index contributed by atoms with van der Waals surface area (Å²) >= 11 is 0. The van der Waals surface area contributed by atoms with E-state index in [0.717, 1.165) is 6.92 Å². The van der Waals surface area contributed by atoms with Gasteiger partial charge in [0.1, 0.15) is 6.67 Å². The topological polar surface area (TPSA) is 9.23 Å². The van der Waals surface area contributed by atoms with Crippen molar-refractivity contribution in [2.75, 3.05) is 26.6 Å². The van der Waals surface area contributed by atoms with Gasteiger partial charge in [0.05, 0.1) is 20.0 Å². The van der Waals surface area contributed by atoms with Crippen LogP contribution in [0.2, 0.25) is 0 Å². The van der Waals surface area contributed by atoms with Crippen LogP contribution in [0.5, 0.6) is 0 Å². The number of halogens is 5. The van der Waals surface area contributed by atoms with Crippen molar-refractivity contribution < 1.29 is 26.7 Å². The Hall–Kier alpha value is -0.650. The Morgan fingerprint density at radius 1 is 1.12 bits per heavy atom. The number of alkyl halides is 5. The first kappa shape index (κ1) is 20.7. The second kappa shape index (κ2) is 14.3. The van der Waals surface area contributed by atoms with Crippen LogP contribution in [0.4, 0.5) is 22.0 Å². The van der Waals surface area contributed by atoms with E-state index in [1.54, 1.807) is 0 Å². The van der Waals surface area contributed by atoms with Crippen molar-refractivity contribution in [3.05, 3.63) is 12.2 Å². The van der Waals surface area contributed by atoms with Crippen LogP contribution in [-0.2, 0) is 4.74 Å². The molecule has 0 aliphatic carbocycles. The van der Waals surface area contributed by atoms with Crippen molar-refractivity contribution >= 4 is 0 Å². The van der Waals surface area contributed by atoms with E-state index in [0.29, 0.717) is 0 Å². The molecule has 0 amide bonds. The molecule has 0 atom stereocenters. The number of ether oxygens (including phenoxy) is 1. The van der Waals surface area contributed by atoms with Crippen LogP contribution in [0.3, 0.4) is 0 Å². The van der Waals surface area contributed by atoms with Gasteiger partial charge in [-0.25, -0.2) is 4.39 Å². The van der Waals surface area contributed by atoms with Gasteiger partial charge in [0.2, 0.25) is 0 Å². The summed E-state index contributed by atoms with van der Waals surface area (Å²) in [6.07, 6.45) is -3.38. The van der Waals surface area contributed by atoms with Gasteiger partial charge in [-0.05, 0) is 20.8 Å². The summed E-state index contributed by atoms with van der Waals surface area (Å²) < 4.78 is 60.2. The molecule has 0 radical (unpaired) electrons. The predicted molar refractivity (Wildman–Crippen MR) is 55.0 cm³/mol. The highest BCUT2D eigenvalue weighted by Gasteiger charge is 2.30. The van der Waals surface area contributed by atoms with E-state index in [9.17, 15) is 22.0 Å². The fraction of sp³-hybridized carbons (Fsp3) is 0.800. The lowest BCUT2D eigenvalue weighted by Gasteiger charge is -2.14. The molecule has 6 heteroatoms. The molecule has 100 valence electrons. The molecule has 1 nitrogen and oxygen atoms in total. The normalized spacial score (nSPS) is 9.50. The highest BCUT2D eigenvalue weighted by atomic mass is 19.3. The molecule has 16 heavy (non-hydrogen) atoms. The van der Waals surface area contributed by atoms with E-state index in [1.807, 2.05) is 0 Å². The quantitative estimate of drug-likeness (QED) is 0.539. The average Bonchev–Trinajstić information content (AvgIpc) is 2.17. The van der Waals surface area contributed by atoms with Gasteiger partial charge in [0.15, 0.2) is 0 Å². The summed E-state index contributed by atoms with van der Waals surface area (Å²) in [6, 6.07) is 0. The molecule has 0 saturated carbocycles. The zero-order valence-corrected chi connectivity index (χ0v) is 9.83. The average molecular weight is 250 g/mol. The molecule has 0 aromatic rings. The van der Waals surface area contributed by atoms with Crippen molar-refractivity contribution in [3.8, 4) is 0 Å². The third-order valence-electron chi connectivity index (χ3n) is 0.857. The standard InChI is InChI=1S/C6H9F3O.2C2H5F/c1-5(2)6(8,9)10-4-3-7;2*1-2-3/h1,3-4H2,2H3;2*2H2,1H3. The Morgan fingerprint density at radius 3 is 1.62 bits per heavy atom. The molecule has 0 rings (SSSR count). The van der Waals surface area contributed by atoms with Gasteiger partial charge in [-0.2, -0.15) is 8.78 Å². The molecule has 0 aromatic carbocycles. The Morgan fingerprint density at radius 2 is 1.44 bits per heavy atom. The Kier molecular flexibility index (Phi) is 18.6. The summed E-state index contributed by atoms with van der Waals surface area (Å²) in [6.45, 7) is 5.01. The van der Waals surface area contributed by atoms with Gasteiger partial charge in [0, 0.05) is 5.57 Å². The van der Waals surface area contributed by atoms with E-state index >= 15 is 0 Å². The second-order valence-corrected chi connectivity index (χ2v) is 2.37. The predicted octanol–water partition coefficient (Wildman–Crippen LogP) is 4.09. The van der Waals surface area contributed by atoms with E-state index < -0.39 is 25.0 Å². The molecule has 0 bridgehead atoms. The van der Waals surface area contributed by atoms with Gasteiger partial charge < -0.3 is 4.74 Å². The van der Waals surface area contributed by atoms with Crippen molar-refractivity contribution in [3.63, 3.8) is 0 Å².